The number of halogens is 1. The van der Waals surface area contributed by atoms with Crippen LogP contribution < -0.4 is 5.32 Å². The first kappa shape index (κ1) is 17.7. The van der Waals surface area contributed by atoms with Gasteiger partial charge < -0.3 is 10.4 Å². The van der Waals surface area contributed by atoms with Crippen molar-refractivity contribution in [3.8, 4) is 0 Å². The molecule has 0 spiro atoms. The van der Waals surface area contributed by atoms with Gasteiger partial charge in [-0.2, -0.15) is 0 Å². The number of aliphatic carboxylic acids is 1. The molecule has 4 nitrogen and oxygen atoms in total. The van der Waals surface area contributed by atoms with E-state index in [1.807, 2.05) is 30.3 Å². The lowest BCUT2D eigenvalue weighted by Crippen LogP contribution is -2.13. The van der Waals surface area contributed by atoms with E-state index in [1.165, 1.54) is 17.7 Å². The van der Waals surface area contributed by atoms with Crippen molar-refractivity contribution < 1.29 is 19.1 Å². The number of carboxylic acid groups (broad SMARTS) is 1. The van der Waals surface area contributed by atoms with E-state index in [9.17, 15) is 14.0 Å². The summed E-state index contributed by atoms with van der Waals surface area (Å²) in [5.74, 6) is -1.66. The summed E-state index contributed by atoms with van der Waals surface area (Å²) < 4.78 is 13.8. The molecule has 5 heteroatoms. The summed E-state index contributed by atoms with van der Waals surface area (Å²) in [5.41, 5.74) is 1.60. The summed E-state index contributed by atoms with van der Waals surface area (Å²) in [7, 11) is 0. The van der Waals surface area contributed by atoms with Crippen LogP contribution in [0.1, 0.15) is 36.8 Å². The molecule has 2 N–H and O–H groups in total. The molecule has 126 valence electrons. The second-order valence-corrected chi connectivity index (χ2v) is 5.78. The smallest absolute Gasteiger partial charge is 0.307 e. The van der Waals surface area contributed by atoms with Crippen LogP contribution in [-0.4, -0.2) is 17.0 Å². The zero-order chi connectivity index (χ0) is 17.5. The summed E-state index contributed by atoms with van der Waals surface area (Å²) in [6.45, 7) is 2.06. The quantitative estimate of drug-likeness (QED) is 0.807. The largest absolute Gasteiger partial charge is 0.481 e. The van der Waals surface area contributed by atoms with Crippen LogP contribution in [0.2, 0.25) is 0 Å². The second kappa shape index (κ2) is 8.24. The van der Waals surface area contributed by atoms with Gasteiger partial charge in [0, 0.05) is 12.1 Å². The van der Waals surface area contributed by atoms with E-state index in [2.05, 4.69) is 12.2 Å². The van der Waals surface area contributed by atoms with Gasteiger partial charge in [0.25, 0.3) is 0 Å². The number of hydrogen-bond acceptors (Lipinski definition) is 2. The third kappa shape index (κ3) is 5.19. The Bertz CT molecular complexity index is 716. The molecule has 2 rings (SSSR count). The first-order chi connectivity index (χ1) is 11.5. The van der Waals surface area contributed by atoms with E-state index >= 15 is 0 Å². The zero-order valence-corrected chi connectivity index (χ0v) is 13.5. The minimum absolute atomic E-state index is 0.0956. The number of benzene rings is 2. The van der Waals surface area contributed by atoms with Crippen molar-refractivity contribution in [3.63, 3.8) is 0 Å². The first-order valence-corrected chi connectivity index (χ1v) is 7.80. The molecule has 2 aromatic rings. The summed E-state index contributed by atoms with van der Waals surface area (Å²) in [6, 6.07) is 14.0. The van der Waals surface area contributed by atoms with Crippen LogP contribution >= 0.6 is 0 Å². The van der Waals surface area contributed by atoms with E-state index in [-0.39, 0.29) is 23.8 Å². The molecule has 0 radical (unpaired) electrons. The van der Waals surface area contributed by atoms with Crippen LogP contribution in [0.5, 0.6) is 0 Å². The molecule has 1 unspecified atom stereocenters. The molecule has 1 atom stereocenters. The van der Waals surface area contributed by atoms with Crippen molar-refractivity contribution in [1.82, 2.24) is 0 Å². The number of amides is 1. The Labute approximate surface area is 140 Å². The number of carboxylic acids is 1. The van der Waals surface area contributed by atoms with Crippen LogP contribution in [0.15, 0.2) is 48.5 Å². The Balaban J connectivity index is 1.88. The van der Waals surface area contributed by atoms with Crippen LogP contribution in [0.3, 0.4) is 0 Å². The van der Waals surface area contributed by atoms with Crippen molar-refractivity contribution in [2.45, 2.75) is 32.1 Å². The molecule has 0 aliphatic rings. The predicted octanol–water partition coefficient (Wildman–Crippen LogP) is 3.98. The third-order valence-electron chi connectivity index (χ3n) is 3.85. The van der Waals surface area contributed by atoms with E-state index in [0.717, 1.165) is 6.07 Å². The minimum atomic E-state index is -1.10. The van der Waals surface area contributed by atoms with Crippen molar-refractivity contribution >= 4 is 17.6 Å². The van der Waals surface area contributed by atoms with Gasteiger partial charge in [-0.1, -0.05) is 43.3 Å². The van der Waals surface area contributed by atoms with Crippen LogP contribution in [0.25, 0.3) is 0 Å². The highest BCUT2D eigenvalue weighted by Crippen LogP contribution is 2.21. The van der Waals surface area contributed by atoms with Gasteiger partial charge in [0.2, 0.25) is 5.91 Å². The maximum atomic E-state index is 13.8. The normalized spacial score (nSPS) is 11.8. The monoisotopic (exact) mass is 329 g/mol. The van der Waals surface area contributed by atoms with Crippen molar-refractivity contribution in [3.05, 3.63) is 65.5 Å². The molecule has 0 aliphatic carbocycles. The molecule has 0 aromatic heterocycles. The molecule has 0 fully saturated rings. The lowest BCUT2D eigenvalue weighted by Gasteiger charge is -2.12. The van der Waals surface area contributed by atoms with Crippen molar-refractivity contribution in [2.24, 2.45) is 0 Å². The fourth-order valence-corrected chi connectivity index (χ4v) is 2.45. The Morgan fingerprint density at radius 1 is 1.17 bits per heavy atom. The topological polar surface area (TPSA) is 66.4 Å². The Hall–Kier alpha value is -2.69. The lowest BCUT2D eigenvalue weighted by atomic mass is 9.96. The Morgan fingerprint density at radius 3 is 2.50 bits per heavy atom. The predicted molar refractivity (Wildman–Crippen MR) is 90.5 cm³/mol. The molecular formula is C19H20FNO3. The SMILES string of the molecule is CC(CCC(=O)Nc1ccc(CC(=O)O)c(F)c1)c1ccccc1. The molecule has 1 amide bonds. The fourth-order valence-electron chi connectivity index (χ4n) is 2.45. The van der Waals surface area contributed by atoms with Crippen molar-refractivity contribution in [1.29, 1.82) is 0 Å². The highest BCUT2D eigenvalue weighted by atomic mass is 19.1. The molecule has 2 aromatic carbocycles. The summed E-state index contributed by atoms with van der Waals surface area (Å²) in [5, 5.41) is 11.3. The van der Waals surface area contributed by atoms with E-state index < -0.39 is 11.8 Å². The molecule has 0 heterocycles. The summed E-state index contributed by atoms with van der Waals surface area (Å²) in [6.07, 6.45) is 0.638. The van der Waals surface area contributed by atoms with Gasteiger partial charge in [0.05, 0.1) is 6.42 Å². The molecule has 0 saturated heterocycles. The first-order valence-electron chi connectivity index (χ1n) is 7.80. The molecule has 0 bridgehead atoms. The minimum Gasteiger partial charge on any atom is -0.481 e. The van der Waals surface area contributed by atoms with Gasteiger partial charge >= 0.3 is 5.97 Å². The average Bonchev–Trinajstić information content (AvgIpc) is 2.55. The standard InChI is InChI=1S/C19H20FNO3/c1-13(14-5-3-2-4-6-14)7-10-18(22)21-16-9-8-15(11-19(23)24)17(20)12-16/h2-6,8-9,12-13H,7,10-11H2,1H3,(H,21,22)(H,23,24). The van der Waals surface area contributed by atoms with E-state index in [0.29, 0.717) is 18.5 Å². The number of rotatable bonds is 7. The van der Waals surface area contributed by atoms with E-state index in [4.69, 9.17) is 5.11 Å². The molecule has 24 heavy (non-hydrogen) atoms. The molecule has 0 saturated carbocycles. The average molecular weight is 329 g/mol. The second-order valence-electron chi connectivity index (χ2n) is 5.78. The highest BCUT2D eigenvalue weighted by molar-refractivity contribution is 5.90. The molecule has 0 aliphatic heterocycles. The Kier molecular flexibility index (Phi) is 6.07. The van der Waals surface area contributed by atoms with Crippen LogP contribution in [0.4, 0.5) is 10.1 Å². The summed E-state index contributed by atoms with van der Waals surface area (Å²) in [4.78, 5) is 22.6. The van der Waals surface area contributed by atoms with Crippen LogP contribution in [-0.2, 0) is 16.0 Å². The lowest BCUT2D eigenvalue weighted by molar-refractivity contribution is -0.136. The number of anilines is 1. The fraction of sp³-hybridized carbons (Fsp3) is 0.263. The third-order valence-corrected chi connectivity index (χ3v) is 3.85. The van der Waals surface area contributed by atoms with Gasteiger partial charge in [-0.05, 0) is 35.6 Å². The number of hydrogen-bond donors (Lipinski definition) is 2. The van der Waals surface area contributed by atoms with Gasteiger partial charge in [-0.25, -0.2) is 4.39 Å². The van der Waals surface area contributed by atoms with Gasteiger partial charge in [-0.15, -0.1) is 0 Å². The summed E-state index contributed by atoms with van der Waals surface area (Å²) >= 11 is 0. The van der Waals surface area contributed by atoms with Crippen LogP contribution in [0, 0.1) is 5.82 Å². The van der Waals surface area contributed by atoms with Crippen molar-refractivity contribution in [2.75, 3.05) is 5.32 Å². The number of nitrogens with one attached hydrogen (secondary N) is 1. The van der Waals surface area contributed by atoms with E-state index in [1.54, 1.807) is 0 Å². The van der Waals surface area contributed by atoms with Gasteiger partial charge in [0.1, 0.15) is 5.82 Å². The zero-order valence-electron chi connectivity index (χ0n) is 13.5. The maximum Gasteiger partial charge on any atom is 0.307 e. The molecular weight excluding hydrogens is 309 g/mol. The number of carbonyl (C=O) groups excluding carboxylic acids is 1. The maximum absolute atomic E-state index is 13.8. The number of carbonyl (C=O) groups is 2. The van der Waals surface area contributed by atoms with Gasteiger partial charge in [-0.3, -0.25) is 9.59 Å². The highest BCUT2D eigenvalue weighted by Gasteiger charge is 2.11. The van der Waals surface area contributed by atoms with Gasteiger partial charge in [0.15, 0.2) is 0 Å². The Morgan fingerprint density at radius 2 is 1.88 bits per heavy atom.